The fourth-order valence-corrected chi connectivity index (χ4v) is 4.19. The van der Waals surface area contributed by atoms with E-state index in [2.05, 4.69) is 43.5 Å². The largest absolute Gasteiger partial charge is 0.489 e. The number of piperazine rings is 1. The molecule has 180 valence electrons. The van der Waals surface area contributed by atoms with Crippen LogP contribution in [0, 0.1) is 0 Å². The van der Waals surface area contributed by atoms with Crippen molar-refractivity contribution in [1.82, 2.24) is 20.4 Å². The van der Waals surface area contributed by atoms with Gasteiger partial charge in [0.2, 0.25) is 0 Å². The van der Waals surface area contributed by atoms with Crippen molar-refractivity contribution in [3.63, 3.8) is 0 Å². The van der Waals surface area contributed by atoms with E-state index in [1.807, 2.05) is 66.9 Å². The number of pyridine rings is 1. The highest BCUT2D eigenvalue weighted by Gasteiger charge is 2.17. The second-order valence-corrected chi connectivity index (χ2v) is 8.67. The van der Waals surface area contributed by atoms with Crippen LogP contribution in [-0.2, 0) is 13.2 Å². The molecule has 0 bridgehead atoms. The summed E-state index contributed by atoms with van der Waals surface area (Å²) in [5, 5.41) is 7.71. The van der Waals surface area contributed by atoms with Crippen LogP contribution in [0.3, 0.4) is 0 Å². The summed E-state index contributed by atoms with van der Waals surface area (Å²) in [4.78, 5) is 9.29. The smallest absolute Gasteiger partial charge is 0.151 e. The van der Waals surface area contributed by atoms with Crippen LogP contribution in [0.5, 0.6) is 5.75 Å². The number of hydrogen-bond donors (Lipinski definition) is 1. The molecule has 7 heteroatoms. The Balaban J connectivity index is 1.02. The average Bonchev–Trinajstić information content (AvgIpc) is 3.41. The van der Waals surface area contributed by atoms with E-state index in [9.17, 15) is 0 Å². The zero-order valence-corrected chi connectivity index (χ0v) is 19.8. The van der Waals surface area contributed by atoms with E-state index >= 15 is 0 Å². The highest BCUT2D eigenvalue weighted by atomic mass is 16.5. The van der Waals surface area contributed by atoms with Gasteiger partial charge in [0.15, 0.2) is 5.76 Å². The normalized spacial score (nSPS) is 14.2. The van der Waals surface area contributed by atoms with E-state index in [1.54, 1.807) is 0 Å². The van der Waals surface area contributed by atoms with Crippen LogP contribution in [0.15, 0.2) is 89.6 Å². The van der Waals surface area contributed by atoms with Crippen molar-refractivity contribution < 1.29 is 9.26 Å². The van der Waals surface area contributed by atoms with Gasteiger partial charge in [-0.2, -0.15) is 0 Å². The van der Waals surface area contributed by atoms with Gasteiger partial charge in [-0.25, -0.2) is 4.98 Å². The van der Waals surface area contributed by atoms with Gasteiger partial charge in [0.1, 0.15) is 23.9 Å². The number of ether oxygens (including phenoxy) is 1. The molecule has 2 aromatic heterocycles. The minimum Gasteiger partial charge on any atom is -0.489 e. The summed E-state index contributed by atoms with van der Waals surface area (Å²) in [7, 11) is 0. The highest BCUT2D eigenvalue weighted by Crippen LogP contribution is 2.23. The van der Waals surface area contributed by atoms with Gasteiger partial charge in [-0.1, -0.05) is 41.6 Å². The molecule has 0 aliphatic carbocycles. The molecule has 3 heterocycles. The Kier molecular flexibility index (Phi) is 7.68. The molecule has 1 aliphatic rings. The van der Waals surface area contributed by atoms with Gasteiger partial charge >= 0.3 is 0 Å². The molecular formula is C28H31N5O2. The molecule has 0 spiro atoms. The van der Waals surface area contributed by atoms with Crippen LogP contribution in [0.25, 0.3) is 11.3 Å². The molecule has 0 saturated carbocycles. The van der Waals surface area contributed by atoms with Crippen LogP contribution in [0.4, 0.5) is 5.82 Å². The number of nitrogens with one attached hydrogen (secondary N) is 1. The Morgan fingerprint density at radius 2 is 1.69 bits per heavy atom. The third kappa shape index (κ3) is 6.47. The van der Waals surface area contributed by atoms with Crippen LogP contribution >= 0.6 is 0 Å². The second-order valence-electron chi connectivity index (χ2n) is 8.67. The molecular weight excluding hydrogens is 438 g/mol. The molecule has 0 amide bonds. The average molecular weight is 470 g/mol. The van der Waals surface area contributed by atoms with Gasteiger partial charge in [0.05, 0.1) is 6.54 Å². The number of aromatic nitrogens is 2. The summed E-state index contributed by atoms with van der Waals surface area (Å²) < 4.78 is 11.4. The number of nitrogens with zero attached hydrogens (tertiary/aromatic N) is 4. The molecule has 1 aliphatic heterocycles. The van der Waals surface area contributed by atoms with E-state index in [1.165, 1.54) is 0 Å². The molecule has 0 atom stereocenters. The van der Waals surface area contributed by atoms with Crippen molar-refractivity contribution in [2.24, 2.45) is 0 Å². The first kappa shape index (κ1) is 23.1. The first-order valence-electron chi connectivity index (χ1n) is 12.2. The van der Waals surface area contributed by atoms with E-state index in [4.69, 9.17) is 9.26 Å². The molecule has 0 radical (unpaired) electrons. The van der Waals surface area contributed by atoms with Crippen LogP contribution in [0.1, 0.15) is 11.3 Å². The molecule has 5 rings (SSSR count). The minimum absolute atomic E-state index is 0.555. The summed E-state index contributed by atoms with van der Waals surface area (Å²) in [6, 6.07) is 26.2. The van der Waals surface area contributed by atoms with Crippen molar-refractivity contribution in [1.29, 1.82) is 0 Å². The van der Waals surface area contributed by atoms with Crippen molar-refractivity contribution in [2.75, 3.05) is 44.2 Å². The third-order valence-corrected chi connectivity index (χ3v) is 6.21. The lowest BCUT2D eigenvalue weighted by Gasteiger charge is -2.35. The minimum atomic E-state index is 0.555. The molecule has 2 aromatic carbocycles. The lowest BCUT2D eigenvalue weighted by atomic mass is 10.1. The Labute approximate surface area is 206 Å². The maximum atomic E-state index is 5.87. The molecule has 0 unspecified atom stereocenters. The highest BCUT2D eigenvalue weighted by molar-refractivity contribution is 5.59. The SMILES string of the molecule is c1ccc(COc2ccc(-c3cc(CNCCN4CCN(c5ccccn5)CC4)on3)cc2)cc1. The van der Waals surface area contributed by atoms with Gasteiger partial charge in [0.25, 0.3) is 0 Å². The van der Waals surface area contributed by atoms with E-state index < -0.39 is 0 Å². The Hall–Kier alpha value is -3.68. The molecule has 1 saturated heterocycles. The zero-order chi connectivity index (χ0) is 23.7. The maximum Gasteiger partial charge on any atom is 0.151 e. The lowest BCUT2D eigenvalue weighted by molar-refractivity contribution is 0.255. The first-order valence-corrected chi connectivity index (χ1v) is 12.2. The monoisotopic (exact) mass is 469 g/mol. The predicted octanol–water partition coefficient (Wildman–Crippen LogP) is 4.23. The standard InChI is InChI=1S/C28H31N5O2/c1-2-6-23(7-3-1)22-34-25-11-9-24(10-12-25)27-20-26(35-31-27)21-29-14-15-32-16-18-33(19-17-32)28-8-4-5-13-30-28/h1-13,20,29H,14-19,21-22H2. The molecule has 35 heavy (non-hydrogen) atoms. The second kappa shape index (κ2) is 11.6. The molecule has 1 fully saturated rings. The van der Waals surface area contributed by atoms with Crippen molar-refractivity contribution in [3.8, 4) is 17.0 Å². The summed E-state index contributed by atoms with van der Waals surface area (Å²) in [5.74, 6) is 2.74. The van der Waals surface area contributed by atoms with Crippen molar-refractivity contribution in [3.05, 3.63) is 96.4 Å². The number of hydrogen-bond acceptors (Lipinski definition) is 7. The molecule has 7 nitrogen and oxygen atoms in total. The molecule has 1 N–H and O–H groups in total. The van der Waals surface area contributed by atoms with Crippen molar-refractivity contribution >= 4 is 5.82 Å². The van der Waals surface area contributed by atoms with Gasteiger partial charge < -0.3 is 19.5 Å². The van der Waals surface area contributed by atoms with E-state index in [0.29, 0.717) is 13.2 Å². The van der Waals surface area contributed by atoms with Crippen LogP contribution in [-0.4, -0.2) is 54.3 Å². The fraction of sp³-hybridized carbons (Fsp3) is 0.286. The number of benzene rings is 2. The van der Waals surface area contributed by atoms with Gasteiger partial charge in [0, 0.05) is 57.1 Å². The Morgan fingerprint density at radius 3 is 2.46 bits per heavy atom. The summed E-state index contributed by atoms with van der Waals surface area (Å²) >= 11 is 0. The quantitative estimate of drug-likeness (QED) is 0.349. The van der Waals surface area contributed by atoms with E-state index in [0.717, 1.165) is 73.4 Å². The van der Waals surface area contributed by atoms with Crippen LogP contribution < -0.4 is 15.0 Å². The fourth-order valence-electron chi connectivity index (χ4n) is 4.19. The summed E-state index contributed by atoms with van der Waals surface area (Å²) in [5.41, 5.74) is 3.00. The first-order chi connectivity index (χ1) is 17.3. The summed E-state index contributed by atoms with van der Waals surface area (Å²) in [6.07, 6.45) is 1.86. The van der Waals surface area contributed by atoms with Gasteiger partial charge in [-0.3, -0.25) is 4.90 Å². The maximum absolute atomic E-state index is 5.87. The number of rotatable bonds is 10. The zero-order valence-electron chi connectivity index (χ0n) is 19.8. The summed E-state index contributed by atoms with van der Waals surface area (Å²) in [6.45, 7) is 7.27. The molecule has 4 aromatic rings. The lowest BCUT2D eigenvalue weighted by Crippen LogP contribution is -2.48. The van der Waals surface area contributed by atoms with E-state index in [-0.39, 0.29) is 0 Å². The number of anilines is 1. The predicted molar refractivity (Wildman–Crippen MR) is 137 cm³/mol. The van der Waals surface area contributed by atoms with Gasteiger partial charge in [-0.15, -0.1) is 0 Å². The van der Waals surface area contributed by atoms with Crippen LogP contribution in [0.2, 0.25) is 0 Å². The Bertz CT molecular complexity index is 1160. The van der Waals surface area contributed by atoms with Gasteiger partial charge in [-0.05, 0) is 42.0 Å². The van der Waals surface area contributed by atoms with Crippen molar-refractivity contribution in [2.45, 2.75) is 13.2 Å². The Morgan fingerprint density at radius 1 is 0.886 bits per heavy atom. The topological polar surface area (TPSA) is 66.7 Å². The third-order valence-electron chi connectivity index (χ3n) is 6.21.